The van der Waals surface area contributed by atoms with Gasteiger partial charge in [-0.1, -0.05) is 6.07 Å². The number of amides is 1. The molecule has 5 N–H and O–H groups in total. The highest BCUT2D eigenvalue weighted by atomic mass is 32.2. The van der Waals surface area contributed by atoms with Crippen LogP contribution >= 0.6 is 11.8 Å². The van der Waals surface area contributed by atoms with Gasteiger partial charge < -0.3 is 40.2 Å². The minimum atomic E-state index is -1.19. The smallest absolute Gasteiger partial charge is 0.217 e. The summed E-state index contributed by atoms with van der Waals surface area (Å²) in [6.07, 6.45) is -0.890. The summed E-state index contributed by atoms with van der Waals surface area (Å²) in [5.74, 6) is 0.632. The van der Waals surface area contributed by atoms with E-state index in [-0.39, 0.29) is 23.8 Å². The first kappa shape index (κ1) is 28.2. The number of benzene rings is 1. The predicted octanol–water partition coefficient (Wildman–Crippen LogP) is 1.82. The molecule has 1 fully saturated rings. The van der Waals surface area contributed by atoms with E-state index >= 15 is 0 Å². The third-order valence-corrected chi connectivity index (χ3v) is 7.76. The van der Waals surface area contributed by atoms with Gasteiger partial charge in [0.1, 0.15) is 18.4 Å². The largest absolute Gasteiger partial charge is 0.492 e. The summed E-state index contributed by atoms with van der Waals surface area (Å²) in [5.41, 5.74) is 3.53. The average Bonchev–Trinajstić information content (AvgIpc) is 3.13. The molecule has 0 aromatic heterocycles. The van der Waals surface area contributed by atoms with E-state index in [0.717, 1.165) is 16.7 Å². The molecular weight excluding hydrogens is 512 g/mol. The van der Waals surface area contributed by atoms with Crippen molar-refractivity contribution >= 4 is 23.4 Å². The van der Waals surface area contributed by atoms with E-state index < -0.39 is 31.1 Å². The quantitative estimate of drug-likeness (QED) is 0.326. The van der Waals surface area contributed by atoms with Crippen molar-refractivity contribution in [3.63, 3.8) is 0 Å². The molecule has 0 radical (unpaired) electrons. The van der Waals surface area contributed by atoms with Crippen LogP contribution in [0.25, 0.3) is 11.1 Å². The maximum Gasteiger partial charge on any atom is 0.217 e. The van der Waals surface area contributed by atoms with Gasteiger partial charge in [0.25, 0.3) is 0 Å². The summed E-state index contributed by atoms with van der Waals surface area (Å²) in [6.45, 7) is 1.01. The van der Waals surface area contributed by atoms with Gasteiger partial charge in [0, 0.05) is 18.9 Å². The van der Waals surface area contributed by atoms with Crippen LogP contribution in [0.3, 0.4) is 0 Å². The zero-order chi connectivity index (χ0) is 27.6. The number of hydrogen-bond donors (Lipinski definition) is 5. The minimum Gasteiger partial charge on any atom is -0.492 e. The molecule has 11 heteroatoms. The third-order valence-electron chi connectivity index (χ3n) is 6.98. The van der Waals surface area contributed by atoms with Crippen LogP contribution in [0.2, 0.25) is 0 Å². The monoisotopic (exact) mass is 546 g/mol. The van der Waals surface area contributed by atoms with E-state index in [2.05, 4.69) is 10.6 Å². The highest BCUT2D eigenvalue weighted by Crippen LogP contribution is 2.49. The molecule has 1 aliphatic carbocycles. The van der Waals surface area contributed by atoms with Gasteiger partial charge in [-0.05, 0) is 54.0 Å². The Morgan fingerprint density at radius 3 is 2.55 bits per heavy atom. The van der Waals surface area contributed by atoms with E-state index in [1.807, 2.05) is 18.4 Å². The number of hydrogen-bond acceptors (Lipinski definition) is 10. The maximum absolute atomic E-state index is 13.0. The Hall–Kier alpha value is -2.83. The van der Waals surface area contributed by atoms with Crippen LogP contribution < -0.4 is 25.5 Å². The molecule has 38 heavy (non-hydrogen) atoms. The van der Waals surface area contributed by atoms with Crippen molar-refractivity contribution in [3.05, 3.63) is 45.6 Å². The fourth-order valence-corrected chi connectivity index (χ4v) is 5.69. The Kier molecular flexibility index (Phi) is 8.84. The Balaban J connectivity index is 1.88. The summed E-state index contributed by atoms with van der Waals surface area (Å²) in [6, 6.07) is 6.77. The summed E-state index contributed by atoms with van der Waals surface area (Å²) >= 11 is 1.36. The van der Waals surface area contributed by atoms with Crippen molar-refractivity contribution in [1.82, 2.24) is 5.32 Å². The molecule has 1 saturated heterocycles. The molecule has 0 bridgehead atoms. The lowest BCUT2D eigenvalue weighted by atomic mass is 9.95. The van der Waals surface area contributed by atoms with E-state index in [4.69, 9.17) is 14.2 Å². The van der Waals surface area contributed by atoms with Gasteiger partial charge in [-0.15, -0.1) is 11.8 Å². The second-order valence-electron chi connectivity index (χ2n) is 9.38. The molecule has 10 nitrogen and oxygen atoms in total. The average molecular weight is 547 g/mol. The zero-order valence-corrected chi connectivity index (χ0v) is 22.6. The van der Waals surface area contributed by atoms with Crippen LogP contribution in [-0.4, -0.2) is 72.8 Å². The molecule has 206 valence electrons. The second kappa shape index (κ2) is 11.9. The van der Waals surface area contributed by atoms with Gasteiger partial charge in [0.2, 0.25) is 5.91 Å². The molecule has 1 amide bonds. The van der Waals surface area contributed by atoms with E-state index in [9.17, 15) is 24.9 Å². The molecule has 1 heterocycles. The lowest BCUT2D eigenvalue weighted by Crippen LogP contribution is -2.51. The summed E-state index contributed by atoms with van der Waals surface area (Å²) in [5, 5.41) is 36.2. The summed E-state index contributed by atoms with van der Waals surface area (Å²) < 4.78 is 17.4. The Labute approximate surface area is 225 Å². The lowest BCUT2D eigenvalue weighted by Gasteiger charge is -2.37. The van der Waals surface area contributed by atoms with Crippen molar-refractivity contribution in [3.8, 4) is 22.6 Å². The number of aliphatic hydroxyl groups excluding tert-OH is 3. The van der Waals surface area contributed by atoms with Crippen LogP contribution in [0, 0.1) is 0 Å². The number of thioether (sulfide) groups is 1. The lowest BCUT2D eigenvalue weighted by molar-refractivity contribution is -0.172. The zero-order valence-electron chi connectivity index (χ0n) is 21.8. The predicted molar refractivity (Wildman–Crippen MR) is 144 cm³/mol. The molecule has 2 aromatic rings. The number of anilines is 1. The standard InChI is InChI=1S/C27H34N2O8S/c1-13(31)28-17-7-5-14-9-18(29-23-11-20(33)25(34)21(12-30)37-23)26(35-2)27(36-3)24(14)15-6-8-22(38-4)19(32)10-16(15)17/h6,8-10,17,20-21,23,25,29-30,33-34H,5,7,11-12H2,1-4H3,(H,28,31)/t17-,20?,21?,23?,25-/m0/s1. The number of carbonyl (C=O) groups is 1. The number of ether oxygens (including phenoxy) is 3. The minimum absolute atomic E-state index is 0.0905. The molecule has 4 rings (SSSR count). The van der Waals surface area contributed by atoms with Crippen molar-refractivity contribution in [2.45, 2.75) is 61.7 Å². The van der Waals surface area contributed by atoms with E-state index in [1.54, 1.807) is 12.1 Å². The van der Waals surface area contributed by atoms with Crippen LogP contribution in [0.5, 0.6) is 11.5 Å². The van der Waals surface area contributed by atoms with Gasteiger partial charge in [-0.25, -0.2) is 0 Å². The molecule has 3 unspecified atom stereocenters. The molecule has 2 aliphatic rings. The maximum atomic E-state index is 13.0. The summed E-state index contributed by atoms with van der Waals surface area (Å²) in [7, 11) is 3.04. The number of aryl methyl sites for hydroxylation is 1. The third kappa shape index (κ3) is 5.48. The molecule has 0 spiro atoms. The number of nitrogens with one attached hydrogen (secondary N) is 2. The Morgan fingerprint density at radius 2 is 1.92 bits per heavy atom. The van der Waals surface area contributed by atoms with E-state index in [0.29, 0.717) is 40.5 Å². The fraction of sp³-hybridized carbons (Fsp3) is 0.481. The molecule has 5 atom stereocenters. The first-order valence-corrected chi connectivity index (χ1v) is 13.6. The van der Waals surface area contributed by atoms with Gasteiger partial charge in [0.15, 0.2) is 16.9 Å². The SMILES string of the molecule is COc1c(NC2CC(O)[C@H](O)C(CO)O2)cc2c(c1OC)-c1ccc(SC)c(=O)cc1[C@@H](NC(C)=O)CC2. The van der Waals surface area contributed by atoms with Gasteiger partial charge in [0.05, 0.1) is 43.6 Å². The molecule has 2 aromatic carbocycles. The van der Waals surface area contributed by atoms with Crippen LogP contribution in [0.4, 0.5) is 5.69 Å². The number of carbonyl (C=O) groups excluding carboxylic acids is 1. The van der Waals surface area contributed by atoms with Crippen LogP contribution in [0.1, 0.15) is 36.9 Å². The van der Waals surface area contributed by atoms with Crippen molar-refractivity contribution in [2.75, 3.05) is 32.4 Å². The highest BCUT2D eigenvalue weighted by molar-refractivity contribution is 7.98. The number of rotatable bonds is 7. The van der Waals surface area contributed by atoms with Crippen molar-refractivity contribution < 1.29 is 34.3 Å². The normalized spacial score (nSPS) is 24.4. The Bertz CT molecular complexity index is 1260. The highest BCUT2D eigenvalue weighted by Gasteiger charge is 2.37. The number of methoxy groups -OCH3 is 2. The fourth-order valence-electron chi connectivity index (χ4n) is 5.22. The van der Waals surface area contributed by atoms with E-state index in [1.165, 1.54) is 32.9 Å². The first-order valence-electron chi connectivity index (χ1n) is 12.4. The van der Waals surface area contributed by atoms with Crippen LogP contribution in [-0.2, 0) is 16.0 Å². The number of aliphatic hydroxyl groups is 3. The Morgan fingerprint density at radius 1 is 1.18 bits per heavy atom. The van der Waals surface area contributed by atoms with Gasteiger partial charge in [-0.2, -0.15) is 0 Å². The van der Waals surface area contributed by atoms with Gasteiger partial charge in [-0.3, -0.25) is 9.59 Å². The van der Waals surface area contributed by atoms with Crippen molar-refractivity contribution in [2.24, 2.45) is 0 Å². The van der Waals surface area contributed by atoms with Gasteiger partial charge >= 0.3 is 0 Å². The summed E-state index contributed by atoms with van der Waals surface area (Å²) in [4.78, 5) is 25.6. The second-order valence-corrected chi connectivity index (χ2v) is 10.2. The first-order chi connectivity index (χ1) is 18.2. The molecule has 1 aliphatic heterocycles. The van der Waals surface area contributed by atoms with Crippen LogP contribution in [0.15, 0.2) is 34.0 Å². The topological polar surface area (TPSA) is 147 Å². The van der Waals surface area contributed by atoms with Crippen molar-refractivity contribution in [1.29, 1.82) is 0 Å². The molecular formula is C27H34N2O8S. The molecule has 0 saturated carbocycles. The number of fused-ring (bicyclic) bond motifs is 3.